The Morgan fingerprint density at radius 1 is 1.32 bits per heavy atom. The summed E-state index contributed by atoms with van der Waals surface area (Å²) in [4.78, 5) is 34.0. The molecule has 11 nitrogen and oxygen atoms in total. The van der Waals surface area contributed by atoms with Gasteiger partial charge in [0.1, 0.15) is 22.8 Å². The number of hydrogen-bond donors (Lipinski definition) is 3. The number of thiophene rings is 1. The maximum atomic E-state index is 13.0. The normalized spacial score (nSPS) is 19.7. The number of carbonyl (C=O) groups is 1. The highest BCUT2D eigenvalue weighted by molar-refractivity contribution is 7.18. The third-order valence-corrected chi connectivity index (χ3v) is 7.31. The second-order valence-corrected chi connectivity index (χ2v) is 9.73. The summed E-state index contributed by atoms with van der Waals surface area (Å²) >= 11 is 1.68. The summed E-state index contributed by atoms with van der Waals surface area (Å²) in [5, 5.41) is 4.39. The van der Waals surface area contributed by atoms with Gasteiger partial charge in [-0.1, -0.05) is 6.92 Å². The molecule has 0 radical (unpaired) electrons. The molecule has 1 amide bonds. The fourth-order valence-corrected chi connectivity index (χ4v) is 5.36. The molecular formula is C22H28N8O3S. The van der Waals surface area contributed by atoms with Crippen molar-refractivity contribution in [3.63, 3.8) is 0 Å². The lowest BCUT2D eigenvalue weighted by atomic mass is 9.97. The number of anilines is 3. The van der Waals surface area contributed by atoms with Gasteiger partial charge in [0, 0.05) is 30.8 Å². The van der Waals surface area contributed by atoms with Crippen molar-refractivity contribution in [3.05, 3.63) is 22.8 Å². The third-order valence-electron chi connectivity index (χ3n) is 6.12. The minimum atomic E-state index is -0.730. The van der Waals surface area contributed by atoms with Crippen LogP contribution in [0.5, 0.6) is 5.88 Å². The van der Waals surface area contributed by atoms with E-state index in [9.17, 15) is 4.79 Å². The smallest absolute Gasteiger partial charge is 0.225 e. The Bertz CT molecular complexity index is 1220. The fraction of sp³-hybridized carbons (Fsp3) is 0.500. The molecule has 5 heterocycles. The van der Waals surface area contributed by atoms with Crippen molar-refractivity contribution in [2.75, 3.05) is 49.6 Å². The number of nitrogens with zero attached hydrogens (tertiary/aromatic N) is 5. The Labute approximate surface area is 200 Å². The standard InChI is InChI=1S/C22H28N8O3S/c1-2-13-8-14-18(26-12-27-20(14)34-13)25-5-3-4-16(31)30-6-7-32-11-22(10-30)9-15-17(23)28-21(24)29-19(15)33-22/h8,12H,2-7,9-11H2,1H3,(H,25,26,27)(H4,23,24,28,29). The van der Waals surface area contributed by atoms with Crippen molar-refractivity contribution >= 4 is 45.0 Å². The molecule has 2 aliphatic heterocycles. The summed E-state index contributed by atoms with van der Waals surface area (Å²) in [5.74, 6) is 1.62. The van der Waals surface area contributed by atoms with Gasteiger partial charge in [0.25, 0.3) is 0 Å². The summed E-state index contributed by atoms with van der Waals surface area (Å²) in [6.45, 7) is 4.47. The van der Waals surface area contributed by atoms with Crippen molar-refractivity contribution in [2.45, 2.75) is 38.2 Å². The van der Waals surface area contributed by atoms with Crippen LogP contribution in [0.1, 0.15) is 30.2 Å². The van der Waals surface area contributed by atoms with Crippen LogP contribution in [0.2, 0.25) is 0 Å². The highest BCUT2D eigenvalue weighted by Gasteiger charge is 2.45. The van der Waals surface area contributed by atoms with Crippen molar-refractivity contribution in [3.8, 4) is 5.88 Å². The number of rotatable bonds is 6. The van der Waals surface area contributed by atoms with Crippen LogP contribution in [-0.4, -0.2) is 69.2 Å². The molecule has 3 aromatic heterocycles. The van der Waals surface area contributed by atoms with Gasteiger partial charge in [0.05, 0.1) is 30.7 Å². The first-order chi connectivity index (χ1) is 16.5. The van der Waals surface area contributed by atoms with E-state index >= 15 is 0 Å². The number of nitrogens with two attached hydrogens (primary N) is 2. The van der Waals surface area contributed by atoms with Crippen LogP contribution in [0.3, 0.4) is 0 Å². The topological polar surface area (TPSA) is 154 Å². The zero-order chi connectivity index (χ0) is 23.7. The van der Waals surface area contributed by atoms with E-state index in [1.165, 1.54) is 4.88 Å². The highest BCUT2D eigenvalue weighted by atomic mass is 32.1. The average molecular weight is 485 g/mol. The van der Waals surface area contributed by atoms with E-state index in [1.807, 2.05) is 0 Å². The van der Waals surface area contributed by atoms with Gasteiger partial charge in [-0.3, -0.25) is 4.79 Å². The SMILES string of the molecule is CCc1cc2c(NCCCC(=O)N3CCOCC4(Cc5c(N)nc(N)nc5O4)C3)ncnc2s1. The number of aromatic nitrogens is 4. The number of hydrogen-bond acceptors (Lipinski definition) is 11. The van der Waals surface area contributed by atoms with Crippen molar-refractivity contribution < 1.29 is 14.3 Å². The lowest BCUT2D eigenvalue weighted by Gasteiger charge is -2.31. The monoisotopic (exact) mass is 484 g/mol. The lowest BCUT2D eigenvalue weighted by Crippen LogP contribution is -2.49. The van der Waals surface area contributed by atoms with E-state index in [-0.39, 0.29) is 11.9 Å². The number of nitrogens with one attached hydrogen (secondary N) is 1. The van der Waals surface area contributed by atoms with E-state index in [0.717, 1.165) is 22.5 Å². The van der Waals surface area contributed by atoms with Gasteiger partial charge in [-0.2, -0.15) is 9.97 Å². The maximum Gasteiger partial charge on any atom is 0.225 e. The molecule has 0 aliphatic carbocycles. The summed E-state index contributed by atoms with van der Waals surface area (Å²) < 4.78 is 11.9. The molecule has 1 fully saturated rings. The van der Waals surface area contributed by atoms with Crippen LogP contribution in [0, 0.1) is 0 Å². The molecule has 1 spiro atoms. The molecule has 180 valence electrons. The first kappa shape index (κ1) is 22.5. The Hall–Kier alpha value is -3.25. The van der Waals surface area contributed by atoms with Gasteiger partial charge < -0.3 is 31.2 Å². The molecule has 0 aromatic carbocycles. The summed E-state index contributed by atoms with van der Waals surface area (Å²) in [6.07, 6.45) is 4.10. The molecule has 5 N–H and O–H groups in total. The number of nitrogen functional groups attached to an aromatic ring is 2. The molecule has 5 rings (SSSR count). The van der Waals surface area contributed by atoms with Crippen LogP contribution in [-0.2, 0) is 22.4 Å². The quantitative estimate of drug-likeness (QED) is 0.440. The van der Waals surface area contributed by atoms with Crippen LogP contribution >= 0.6 is 11.3 Å². The second kappa shape index (κ2) is 9.18. The highest BCUT2D eigenvalue weighted by Crippen LogP contribution is 2.38. The Balaban J connectivity index is 1.18. The summed E-state index contributed by atoms with van der Waals surface area (Å²) in [5.41, 5.74) is 11.7. The van der Waals surface area contributed by atoms with E-state index in [2.05, 4.69) is 38.2 Å². The van der Waals surface area contributed by atoms with E-state index in [0.29, 0.717) is 69.4 Å². The minimum Gasteiger partial charge on any atom is -0.466 e. The Kier molecular flexibility index (Phi) is 6.09. The Morgan fingerprint density at radius 3 is 3.06 bits per heavy atom. The predicted molar refractivity (Wildman–Crippen MR) is 130 cm³/mol. The first-order valence-corrected chi connectivity index (χ1v) is 12.2. The summed E-state index contributed by atoms with van der Waals surface area (Å²) in [6, 6.07) is 2.13. The number of fused-ring (bicyclic) bond motifs is 2. The van der Waals surface area contributed by atoms with Crippen molar-refractivity contribution in [2.24, 2.45) is 0 Å². The third kappa shape index (κ3) is 4.42. The molecule has 0 saturated carbocycles. The minimum absolute atomic E-state index is 0.0569. The van der Waals surface area contributed by atoms with Crippen LogP contribution in [0.15, 0.2) is 12.4 Å². The summed E-state index contributed by atoms with van der Waals surface area (Å²) in [7, 11) is 0. The van der Waals surface area contributed by atoms with E-state index in [4.69, 9.17) is 20.9 Å². The molecule has 1 saturated heterocycles. The van der Waals surface area contributed by atoms with Crippen LogP contribution in [0.25, 0.3) is 10.2 Å². The maximum absolute atomic E-state index is 13.0. The molecule has 3 aromatic rings. The molecule has 1 unspecified atom stereocenters. The van der Waals surface area contributed by atoms with Gasteiger partial charge in [-0.15, -0.1) is 11.3 Å². The molecule has 34 heavy (non-hydrogen) atoms. The second-order valence-electron chi connectivity index (χ2n) is 8.62. The molecule has 2 aliphatic rings. The van der Waals surface area contributed by atoms with Gasteiger partial charge in [-0.25, -0.2) is 9.97 Å². The number of carbonyl (C=O) groups excluding carboxylic acids is 1. The largest absolute Gasteiger partial charge is 0.466 e. The van der Waals surface area contributed by atoms with Gasteiger partial charge >= 0.3 is 0 Å². The first-order valence-electron chi connectivity index (χ1n) is 11.4. The van der Waals surface area contributed by atoms with E-state index in [1.54, 1.807) is 22.6 Å². The molecule has 0 bridgehead atoms. The van der Waals surface area contributed by atoms with Crippen LogP contribution in [0.4, 0.5) is 17.6 Å². The average Bonchev–Trinajstić information content (AvgIpc) is 3.33. The number of aryl methyl sites for hydroxylation is 1. The van der Waals surface area contributed by atoms with Crippen molar-refractivity contribution in [1.82, 2.24) is 24.8 Å². The zero-order valence-electron chi connectivity index (χ0n) is 19.0. The predicted octanol–water partition coefficient (Wildman–Crippen LogP) is 1.63. The zero-order valence-corrected chi connectivity index (χ0v) is 19.9. The van der Waals surface area contributed by atoms with Crippen molar-refractivity contribution in [1.29, 1.82) is 0 Å². The lowest BCUT2D eigenvalue weighted by molar-refractivity contribution is -0.133. The number of amides is 1. The molecule has 12 heteroatoms. The fourth-order valence-electron chi connectivity index (χ4n) is 4.42. The Morgan fingerprint density at radius 2 is 2.21 bits per heavy atom. The van der Waals surface area contributed by atoms with E-state index < -0.39 is 5.60 Å². The molecular weight excluding hydrogens is 456 g/mol. The number of ether oxygens (including phenoxy) is 2. The van der Waals surface area contributed by atoms with Gasteiger partial charge in [0.2, 0.25) is 17.7 Å². The molecule has 1 atom stereocenters. The van der Waals surface area contributed by atoms with Crippen LogP contribution < -0.4 is 21.5 Å². The van der Waals surface area contributed by atoms with Gasteiger partial charge in [0.15, 0.2) is 5.60 Å². The van der Waals surface area contributed by atoms with Gasteiger partial charge in [-0.05, 0) is 18.9 Å².